The van der Waals surface area contributed by atoms with Gasteiger partial charge in [-0.25, -0.2) is 9.59 Å². The number of benzene rings is 1. The van der Waals surface area contributed by atoms with Crippen LogP contribution in [0.15, 0.2) is 30.3 Å². The van der Waals surface area contributed by atoms with Crippen LogP contribution in [0.5, 0.6) is 0 Å². The summed E-state index contributed by atoms with van der Waals surface area (Å²) in [5, 5.41) is 0.859. The van der Waals surface area contributed by atoms with Gasteiger partial charge in [-0.15, -0.1) is 0 Å². The van der Waals surface area contributed by atoms with E-state index in [2.05, 4.69) is 15.9 Å². The van der Waals surface area contributed by atoms with Crippen molar-refractivity contribution < 1.29 is 19.1 Å². The molecule has 6 heteroatoms. The van der Waals surface area contributed by atoms with Crippen molar-refractivity contribution in [2.45, 2.75) is 52.2 Å². The molecule has 0 aliphatic heterocycles. The van der Waals surface area contributed by atoms with E-state index in [9.17, 15) is 9.59 Å². The molecule has 0 N–H and O–H groups in total. The summed E-state index contributed by atoms with van der Waals surface area (Å²) in [5.41, 5.74) is 0.916. The van der Waals surface area contributed by atoms with E-state index in [0.717, 1.165) is 30.2 Å². The third-order valence-electron chi connectivity index (χ3n) is 3.72. The summed E-state index contributed by atoms with van der Waals surface area (Å²) in [6.45, 7) is 4.72. The van der Waals surface area contributed by atoms with Crippen LogP contribution in [-0.2, 0) is 20.9 Å². The highest BCUT2D eigenvalue weighted by Crippen LogP contribution is 2.14. The normalized spacial score (nSPS) is 11.6. The number of unbranched alkanes of at least 4 members (excludes halogenated alkanes) is 1. The Kier molecular flexibility index (Phi) is 11.0. The highest BCUT2D eigenvalue weighted by molar-refractivity contribution is 9.09. The first kappa shape index (κ1) is 21.5. The number of amides is 1. The van der Waals surface area contributed by atoms with Gasteiger partial charge in [0.1, 0.15) is 12.6 Å². The zero-order valence-electron chi connectivity index (χ0n) is 15.1. The molecule has 25 heavy (non-hydrogen) atoms. The van der Waals surface area contributed by atoms with Crippen molar-refractivity contribution in [1.29, 1.82) is 0 Å². The SMILES string of the molecule is CCC[C@@H](C(=O)OCC)N(CCCCBr)C(=O)OCc1ccccc1. The van der Waals surface area contributed by atoms with Crippen molar-refractivity contribution in [3.8, 4) is 0 Å². The quantitative estimate of drug-likeness (QED) is 0.303. The predicted octanol–water partition coefficient (Wildman–Crippen LogP) is 4.53. The fourth-order valence-corrected chi connectivity index (χ4v) is 2.86. The lowest BCUT2D eigenvalue weighted by molar-refractivity contribution is -0.149. The van der Waals surface area contributed by atoms with Crippen molar-refractivity contribution in [2.75, 3.05) is 18.5 Å². The van der Waals surface area contributed by atoms with Crippen LogP contribution in [0.4, 0.5) is 4.79 Å². The highest BCUT2D eigenvalue weighted by Gasteiger charge is 2.31. The van der Waals surface area contributed by atoms with Gasteiger partial charge in [0, 0.05) is 11.9 Å². The molecule has 0 radical (unpaired) electrons. The van der Waals surface area contributed by atoms with Crippen LogP contribution in [0.3, 0.4) is 0 Å². The van der Waals surface area contributed by atoms with Crippen molar-refractivity contribution in [1.82, 2.24) is 4.90 Å². The second-order valence-electron chi connectivity index (χ2n) is 5.69. The second kappa shape index (κ2) is 12.8. The summed E-state index contributed by atoms with van der Waals surface area (Å²) >= 11 is 3.39. The third-order valence-corrected chi connectivity index (χ3v) is 4.28. The minimum Gasteiger partial charge on any atom is -0.464 e. The van der Waals surface area contributed by atoms with E-state index in [1.165, 1.54) is 4.90 Å². The van der Waals surface area contributed by atoms with Gasteiger partial charge in [0.25, 0.3) is 0 Å². The molecule has 5 nitrogen and oxygen atoms in total. The van der Waals surface area contributed by atoms with E-state index in [-0.39, 0.29) is 12.6 Å². The number of esters is 1. The Morgan fingerprint density at radius 2 is 1.84 bits per heavy atom. The predicted molar refractivity (Wildman–Crippen MR) is 102 cm³/mol. The number of carbonyl (C=O) groups is 2. The fourth-order valence-electron chi connectivity index (χ4n) is 2.47. The smallest absolute Gasteiger partial charge is 0.410 e. The molecule has 0 fully saturated rings. The van der Waals surface area contributed by atoms with Crippen molar-refractivity contribution >= 4 is 28.0 Å². The van der Waals surface area contributed by atoms with Gasteiger partial charge < -0.3 is 9.47 Å². The average molecular weight is 414 g/mol. The molecule has 0 saturated carbocycles. The first-order valence-corrected chi connectivity index (χ1v) is 9.96. The number of rotatable bonds is 11. The lowest BCUT2D eigenvalue weighted by Crippen LogP contribution is -2.46. The molecule has 0 aromatic heterocycles. The highest BCUT2D eigenvalue weighted by atomic mass is 79.9. The average Bonchev–Trinajstić information content (AvgIpc) is 2.63. The van der Waals surface area contributed by atoms with Crippen molar-refractivity contribution in [3.05, 3.63) is 35.9 Å². The van der Waals surface area contributed by atoms with Gasteiger partial charge in [0.2, 0.25) is 0 Å². The number of nitrogens with zero attached hydrogens (tertiary/aromatic N) is 1. The van der Waals surface area contributed by atoms with E-state index in [1.807, 2.05) is 37.3 Å². The molecule has 0 spiro atoms. The lowest BCUT2D eigenvalue weighted by Gasteiger charge is -2.29. The summed E-state index contributed by atoms with van der Waals surface area (Å²) in [4.78, 5) is 26.4. The largest absolute Gasteiger partial charge is 0.464 e. The topological polar surface area (TPSA) is 55.8 Å². The Morgan fingerprint density at radius 3 is 2.44 bits per heavy atom. The second-order valence-corrected chi connectivity index (χ2v) is 6.48. The number of hydrogen-bond acceptors (Lipinski definition) is 4. The summed E-state index contributed by atoms with van der Waals surface area (Å²) < 4.78 is 10.6. The minimum absolute atomic E-state index is 0.191. The van der Waals surface area contributed by atoms with Crippen LogP contribution in [0.1, 0.15) is 45.1 Å². The maximum Gasteiger partial charge on any atom is 0.410 e. The number of halogens is 1. The van der Waals surface area contributed by atoms with Gasteiger partial charge in [-0.3, -0.25) is 4.90 Å². The van der Waals surface area contributed by atoms with Crippen LogP contribution in [-0.4, -0.2) is 41.5 Å². The number of hydrogen-bond donors (Lipinski definition) is 0. The molecule has 1 atom stereocenters. The van der Waals surface area contributed by atoms with Crippen molar-refractivity contribution in [2.24, 2.45) is 0 Å². The molecule has 1 aromatic rings. The first-order chi connectivity index (χ1) is 12.1. The number of carbonyl (C=O) groups excluding carboxylic acids is 2. The van der Waals surface area contributed by atoms with Crippen LogP contribution in [0.2, 0.25) is 0 Å². The lowest BCUT2D eigenvalue weighted by atomic mass is 10.1. The minimum atomic E-state index is -0.594. The Balaban J connectivity index is 2.79. The zero-order valence-corrected chi connectivity index (χ0v) is 16.7. The zero-order chi connectivity index (χ0) is 18.5. The monoisotopic (exact) mass is 413 g/mol. The van der Waals surface area contributed by atoms with Gasteiger partial charge in [-0.2, -0.15) is 0 Å². The van der Waals surface area contributed by atoms with Gasteiger partial charge in [-0.1, -0.05) is 59.6 Å². The molecule has 0 aliphatic carbocycles. The van der Waals surface area contributed by atoms with E-state index in [1.54, 1.807) is 6.92 Å². The van der Waals surface area contributed by atoms with Crippen LogP contribution >= 0.6 is 15.9 Å². The molecule has 0 heterocycles. The standard InChI is InChI=1S/C19H28BrNO4/c1-3-10-17(18(22)24-4-2)21(14-9-8-13-20)19(23)25-15-16-11-6-5-7-12-16/h5-7,11-12,17H,3-4,8-10,13-15H2,1-2H3/t17-/m0/s1. The van der Waals surface area contributed by atoms with E-state index >= 15 is 0 Å². The summed E-state index contributed by atoms with van der Waals surface area (Å²) in [6, 6.07) is 8.92. The van der Waals surface area contributed by atoms with Crippen molar-refractivity contribution in [3.63, 3.8) is 0 Å². The van der Waals surface area contributed by atoms with Crippen LogP contribution in [0.25, 0.3) is 0 Å². The summed E-state index contributed by atoms with van der Waals surface area (Å²) in [7, 11) is 0. The molecule has 1 rings (SSSR count). The van der Waals surface area contributed by atoms with E-state index in [0.29, 0.717) is 19.6 Å². The summed E-state index contributed by atoms with van der Waals surface area (Å²) in [6.07, 6.45) is 2.60. The van der Waals surface area contributed by atoms with Crippen LogP contribution < -0.4 is 0 Å². The Hall–Kier alpha value is -1.56. The fraction of sp³-hybridized carbons (Fsp3) is 0.579. The molecular weight excluding hydrogens is 386 g/mol. The van der Waals surface area contributed by atoms with E-state index < -0.39 is 12.1 Å². The molecular formula is C19H28BrNO4. The van der Waals surface area contributed by atoms with Gasteiger partial charge >= 0.3 is 12.1 Å². The Labute approximate surface area is 158 Å². The van der Waals surface area contributed by atoms with Crippen LogP contribution in [0, 0.1) is 0 Å². The van der Waals surface area contributed by atoms with Gasteiger partial charge in [0.05, 0.1) is 6.61 Å². The van der Waals surface area contributed by atoms with Gasteiger partial charge in [-0.05, 0) is 31.7 Å². The summed E-state index contributed by atoms with van der Waals surface area (Å²) in [5.74, 6) is -0.361. The Morgan fingerprint density at radius 1 is 1.12 bits per heavy atom. The van der Waals surface area contributed by atoms with Gasteiger partial charge in [0.15, 0.2) is 0 Å². The Bertz CT molecular complexity index is 509. The molecule has 0 aliphatic rings. The first-order valence-electron chi connectivity index (χ1n) is 8.83. The molecule has 0 saturated heterocycles. The number of ether oxygens (including phenoxy) is 2. The molecule has 0 unspecified atom stereocenters. The maximum atomic E-state index is 12.6. The van der Waals surface area contributed by atoms with E-state index in [4.69, 9.17) is 9.47 Å². The number of alkyl halides is 1. The third kappa shape index (κ3) is 7.90. The molecule has 140 valence electrons. The maximum absolute atomic E-state index is 12.6. The molecule has 1 aromatic carbocycles. The molecule has 0 bridgehead atoms. The molecule has 1 amide bonds.